The van der Waals surface area contributed by atoms with Crippen molar-refractivity contribution in [1.29, 1.82) is 0 Å². The fourth-order valence-corrected chi connectivity index (χ4v) is 2.22. The molecular formula is C17H36O3. The average molecular weight is 288 g/mol. The Kier molecular flexibility index (Phi) is 10.5. The fourth-order valence-electron chi connectivity index (χ4n) is 2.22. The molecule has 0 heterocycles. The molecule has 0 bridgehead atoms. The van der Waals surface area contributed by atoms with Crippen molar-refractivity contribution in [3.05, 3.63) is 0 Å². The second-order valence-corrected chi connectivity index (χ2v) is 7.49. The predicted octanol–water partition coefficient (Wildman–Crippen LogP) is 3.77. The van der Waals surface area contributed by atoms with Crippen LogP contribution in [0.4, 0.5) is 0 Å². The van der Waals surface area contributed by atoms with E-state index in [0.717, 1.165) is 51.7 Å². The molecule has 0 aromatic heterocycles. The van der Waals surface area contributed by atoms with Crippen molar-refractivity contribution in [1.82, 2.24) is 0 Å². The van der Waals surface area contributed by atoms with Gasteiger partial charge in [-0.15, -0.1) is 0 Å². The average Bonchev–Trinajstić information content (AvgIpc) is 2.36. The molecule has 0 spiro atoms. The van der Waals surface area contributed by atoms with Crippen LogP contribution in [0.5, 0.6) is 0 Å². The molecule has 0 rings (SSSR count). The van der Waals surface area contributed by atoms with Crippen molar-refractivity contribution >= 4 is 0 Å². The van der Waals surface area contributed by atoms with Gasteiger partial charge in [-0.25, -0.2) is 0 Å². The van der Waals surface area contributed by atoms with Gasteiger partial charge in [0.1, 0.15) is 0 Å². The molecule has 0 aliphatic heterocycles. The number of aliphatic hydroxyl groups is 2. The minimum absolute atomic E-state index is 0.0539. The SMILES string of the molecule is CC(C)(CO)CCCCOCCCCC(C)(C)CCO. The molecule has 0 aliphatic rings. The summed E-state index contributed by atoms with van der Waals surface area (Å²) < 4.78 is 5.64. The molecule has 0 atom stereocenters. The Balaban J connectivity index is 3.33. The standard InChI is InChI=1S/C17H36O3/c1-16(2,11-12-18)9-5-7-13-20-14-8-6-10-17(3,4)15-19/h18-19H,5-15H2,1-4H3. The van der Waals surface area contributed by atoms with E-state index in [0.29, 0.717) is 0 Å². The topological polar surface area (TPSA) is 49.7 Å². The van der Waals surface area contributed by atoms with Gasteiger partial charge in [0.2, 0.25) is 0 Å². The predicted molar refractivity (Wildman–Crippen MR) is 84.9 cm³/mol. The van der Waals surface area contributed by atoms with Crippen LogP contribution in [-0.2, 0) is 4.74 Å². The summed E-state index contributed by atoms with van der Waals surface area (Å²) in [7, 11) is 0. The summed E-state index contributed by atoms with van der Waals surface area (Å²) in [4.78, 5) is 0. The highest BCUT2D eigenvalue weighted by Gasteiger charge is 2.16. The van der Waals surface area contributed by atoms with Crippen LogP contribution in [0, 0.1) is 10.8 Å². The van der Waals surface area contributed by atoms with Gasteiger partial charge in [0.05, 0.1) is 0 Å². The minimum atomic E-state index is 0.0539. The normalized spacial score (nSPS) is 12.9. The van der Waals surface area contributed by atoms with Crippen LogP contribution in [0.25, 0.3) is 0 Å². The van der Waals surface area contributed by atoms with E-state index >= 15 is 0 Å². The molecule has 0 saturated carbocycles. The van der Waals surface area contributed by atoms with Gasteiger partial charge in [-0.3, -0.25) is 0 Å². The van der Waals surface area contributed by atoms with Crippen molar-refractivity contribution in [2.24, 2.45) is 10.8 Å². The summed E-state index contributed by atoms with van der Waals surface area (Å²) in [5.41, 5.74) is 0.308. The fraction of sp³-hybridized carbons (Fsp3) is 1.00. The summed E-state index contributed by atoms with van der Waals surface area (Å²) in [6.07, 6.45) is 7.58. The molecule has 0 radical (unpaired) electrons. The lowest BCUT2D eigenvalue weighted by Crippen LogP contribution is -2.16. The van der Waals surface area contributed by atoms with Crippen LogP contribution < -0.4 is 0 Å². The van der Waals surface area contributed by atoms with Gasteiger partial charge in [-0.1, -0.05) is 40.5 Å². The third-order valence-electron chi connectivity index (χ3n) is 4.00. The van der Waals surface area contributed by atoms with Crippen LogP contribution in [0.2, 0.25) is 0 Å². The third-order valence-corrected chi connectivity index (χ3v) is 4.00. The zero-order valence-corrected chi connectivity index (χ0v) is 14.1. The molecule has 0 amide bonds. The maximum absolute atomic E-state index is 9.15. The van der Waals surface area contributed by atoms with E-state index in [1.165, 1.54) is 6.42 Å². The first-order valence-corrected chi connectivity index (χ1v) is 8.12. The number of unbranched alkanes of at least 4 members (excludes halogenated alkanes) is 2. The number of aliphatic hydroxyl groups excluding tert-OH is 2. The van der Waals surface area contributed by atoms with E-state index < -0.39 is 0 Å². The maximum atomic E-state index is 9.15. The largest absolute Gasteiger partial charge is 0.396 e. The molecule has 0 aromatic rings. The van der Waals surface area contributed by atoms with Crippen LogP contribution in [0.15, 0.2) is 0 Å². The zero-order chi connectivity index (χ0) is 15.5. The molecule has 3 nitrogen and oxygen atoms in total. The smallest absolute Gasteiger partial charge is 0.0482 e. The molecule has 20 heavy (non-hydrogen) atoms. The molecule has 122 valence electrons. The van der Waals surface area contributed by atoms with E-state index in [-0.39, 0.29) is 24.0 Å². The monoisotopic (exact) mass is 288 g/mol. The van der Waals surface area contributed by atoms with Crippen molar-refractivity contribution in [3.63, 3.8) is 0 Å². The molecule has 2 N–H and O–H groups in total. The van der Waals surface area contributed by atoms with Crippen LogP contribution in [-0.4, -0.2) is 36.6 Å². The van der Waals surface area contributed by atoms with Gasteiger partial charge < -0.3 is 14.9 Å². The lowest BCUT2D eigenvalue weighted by Gasteiger charge is -2.23. The number of rotatable bonds is 13. The highest BCUT2D eigenvalue weighted by Crippen LogP contribution is 2.26. The molecule has 0 fully saturated rings. The number of hydrogen-bond acceptors (Lipinski definition) is 3. The highest BCUT2D eigenvalue weighted by molar-refractivity contribution is 4.68. The summed E-state index contributed by atoms with van der Waals surface area (Å²) in [6, 6.07) is 0. The van der Waals surface area contributed by atoms with Gasteiger partial charge in [0.15, 0.2) is 0 Å². The first-order valence-electron chi connectivity index (χ1n) is 8.12. The van der Waals surface area contributed by atoms with Crippen molar-refractivity contribution < 1.29 is 14.9 Å². The second-order valence-electron chi connectivity index (χ2n) is 7.49. The maximum Gasteiger partial charge on any atom is 0.0482 e. The summed E-state index contributed by atoms with van der Waals surface area (Å²) in [5.74, 6) is 0. The second kappa shape index (κ2) is 10.6. The lowest BCUT2D eigenvalue weighted by atomic mass is 9.84. The Morgan fingerprint density at radius 1 is 0.700 bits per heavy atom. The Morgan fingerprint density at radius 2 is 1.20 bits per heavy atom. The Morgan fingerprint density at radius 3 is 1.65 bits per heavy atom. The Hall–Kier alpha value is -0.120. The van der Waals surface area contributed by atoms with Gasteiger partial charge in [0, 0.05) is 26.4 Å². The minimum Gasteiger partial charge on any atom is -0.396 e. The number of ether oxygens (including phenoxy) is 1. The lowest BCUT2D eigenvalue weighted by molar-refractivity contribution is 0.111. The Bertz CT molecular complexity index is 224. The van der Waals surface area contributed by atoms with Crippen molar-refractivity contribution in [2.45, 2.75) is 72.6 Å². The Labute approximate surface area is 125 Å². The molecule has 3 heteroatoms. The van der Waals surface area contributed by atoms with Crippen molar-refractivity contribution in [3.8, 4) is 0 Å². The van der Waals surface area contributed by atoms with Crippen LogP contribution in [0.3, 0.4) is 0 Å². The van der Waals surface area contributed by atoms with Gasteiger partial charge >= 0.3 is 0 Å². The molecule has 0 aromatic carbocycles. The highest BCUT2D eigenvalue weighted by atomic mass is 16.5. The first-order chi connectivity index (χ1) is 9.33. The van der Waals surface area contributed by atoms with Gasteiger partial charge in [-0.05, 0) is 42.9 Å². The quantitative estimate of drug-likeness (QED) is 0.507. The van der Waals surface area contributed by atoms with E-state index in [4.69, 9.17) is 14.9 Å². The first kappa shape index (κ1) is 19.9. The van der Waals surface area contributed by atoms with Gasteiger partial charge in [0.25, 0.3) is 0 Å². The van der Waals surface area contributed by atoms with E-state index in [2.05, 4.69) is 27.7 Å². The van der Waals surface area contributed by atoms with Crippen LogP contribution >= 0.6 is 0 Å². The van der Waals surface area contributed by atoms with Gasteiger partial charge in [-0.2, -0.15) is 0 Å². The van der Waals surface area contributed by atoms with E-state index in [1.54, 1.807) is 0 Å². The summed E-state index contributed by atoms with van der Waals surface area (Å²) >= 11 is 0. The molecule has 0 aliphatic carbocycles. The van der Waals surface area contributed by atoms with E-state index in [1.807, 2.05) is 0 Å². The van der Waals surface area contributed by atoms with Crippen molar-refractivity contribution in [2.75, 3.05) is 26.4 Å². The molecular weight excluding hydrogens is 252 g/mol. The van der Waals surface area contributed by atoms with Crippen LogP contribution in [0.1, 0.15) is 72.6 Å². The summed E-state index contributed by atoms with van der Waals surface area (Å²) in [5, 5.41) is 18.1. The molecule has 0 saturated heterocycles. The number of hydrogen-bond donors (Lipinski definition) is 2. The summed E-state index contributed by atoms with van der Waals surface area (Å²) in [6.45, 7) is 10.9. The zero-order valence-electron chi connectivity index (χ0n) is 14.1. The van der Waals surface area contributed by atoms with E-state index in [9.17, 15) is 0 Å². The third kappa shape index (κ3) is 11.7. The molecule has 0 unspecified atom stereocenters.